The van der Waals surface area contributed by atoms with E-state index in [-0.39, 0.29) is 5.41 Å². The van der Waals surface area contributed by atoms with Crippen LogP contribution in [0.3, 0.4) is 0 Å². The molecule has 4 nitrogen and oxygen atoms in total. The Labute approximate surface area is 128 Å². The highest BCUT2D eigenvalue weighted by Gasteiger charge is 2.26. The molecule has 1 aromatic carbocycles. The predicted octanol–water partition coefficient (Wildman–Crippen LogP) is 2.61. The highest BCUT2D eigenvalue weighted by Crippen LogP contribution is 2.21. The SMILES string of the molecule is CC(C)(C)CNCc1ccc(S(=O)(=O)N2CCCC2)cc1. The Kier molecular flexibility index (Phi) is 5.07. The van der Waals surface area contributed by atoms with Crippen LogP contribution in [0.15, 0.2) is 29.2 Å². The monoisotopic (exact) mass is 310 g/mol. The van der Waals surface area contributed by atoms with Crippen molar-refractivity contribution < 1.29 is 8.42 Å². The van der Waals surface area contributed by atoms with Crippen LogP contribution in [0.5, 0.6) is 0 Å². The van der Waals surface area contributed by atoms with Gasteiger partial charge in [-0.2, -0.15) is 4.31 Å². The van der Waals surface area contributed by atoms with Gasteiger partial charge in [0.15, 0.2) is 0 Å². The van der Waals surface area contributed by atoms with E-state index in [1.807, 2.05) is 12.1 Å². The van der Waals surface area contributed by atoms with E-state index in [0.717, 1.165) is 31.5 Å². The minimum absolute atomic E-state index is 0.249. The summed E-state index contributed by atoms with van der Waals surface area (Å²) < 4.78 is 26.4. The Hall–Kier alpha value is -0.910. The fraction of sp³-hybridized carbons (Fsp3) is 0.625. The standard InChI is InChI=1S/C16H26N2O2S/c1-16(2,3)13-17-12-14-6-8-15(9-7-14)21(19,20)18-10-4-5-11-18/h6-9,17H,4-5,10-13H2,1-3H3. The molecule has 21 heavy (non-hydrogen) atoms. The maximum absolute atomic E-state index is 12.4. The van der Waals surface area contributed by atoms with E-state index < -0.39 is 10.0 Å². The Morgan fingerprint density at radius 3 is 2.19 bits per heavy atom. The molecule has 5 heteroatoms. The zero-order valence-electron chi connectivity index (χ0n) is 13.2. The molecule has 1 N–H and O–H groups in total. The van der Waals surface area contributed by atoms with Gasteiger partial charge in [-0.15, -0.1) is 0 Å². The van der Waals surface area contributed by atoms with Gasteiger partial charge in [0.1, 0.15) is 0 Å². The lowest BCUT2D eigenvalue weighted by Gasteiger charge is -2.19. The smallest absolute Gasteiger partial charge is 0.243 e. The van der Waals surface area contributed by atoms with Crippen molar-refractivity contribution in [1.82, 2.24) is 9.62 Å². The maximum Gasteiger partial charge on any atom is 0.243 e. The van der Waals surface area contributed by atoms with Gasteiger partial charge in [0.2, 0.25) is 10.0 Å². The van der Waals surface area contributed by atoms with Crippen LogP contribution in [-0.4, -0.2) is 32.4 Å². The number of rotatable bonds is 5. The van der Waals surface area contributed by atoms with E-state index in [0.29, 0.717) is 18.0 Å². The molecule has 118 valence electrons. The summed E-state index contributed by atoms with van der Waals surface area (Å²) in [6, 6.07) is 7.25. The number of hydrogen-bond acceptors (Lipinski definition) is 3. The first-order valence-electron chi connectivity index (χ1n) is 7.59. The van der Waals surface area contributed by atoms with Crippen molar-refractivity contribution in [1.29, 1.82) is 0 Å². The Morgan fingerprint density at radius 2 is 1.67 bits per heavy atom. The third-order valence-corrected chi connectivity index (χ3v) is 5.52. The first-order valence-corrected chi connectivity index (χ1v) is 9.03. The van der Waals surface area contributed by atoms with Crippen molar-refractivity contribution in [2.45, 2.75) is 45.1 Å². The summed E-state index contributed by atoms with van der Waals surface area (Å²) in [5.41, 5.74) is 1.36. The second-order valence-corrected chi connectivity index (χ2v) is 8.86. The lowest BCUT2D eigenvalue weighted by atomic mass is 9.97. The molecule has 0 bridgehead atoms. The fourth-order valence-electron chi connectivity index (χ4n) is 2.44. The summed E-state index contributed by atoms with van der Waals surface area (Å²) in [4.78, 5) is 0.406. The molecule has 1 aliphatic heterocycles. The van der Waals surface area contributed by atoms with Crippen LogP contribution in [0.1, 0.15) is 39.2 Å². The third kappa shape index (κ3) is 4.53. The van der Waals surface area contributed by atoms with Crippen molar-refractivity contribution in [2.75, 3.05) is 19.6 Å². The molecule has 0 atom stereocenters. The van der Waals surface area contributed by atoms with Gasteiger partial charge >= 0.3 is 0 Å². The zero-order valence-corrected chi connectivity index (χ0v) is 14.0. The van der Waals surface area contributed by atoms with Gasteiger partial charge in [0.05, 0.1) is 4.90 Å². The molecule has 0 aromatic heterocycles. The van der Waals surface area contributed by atoms with E-state index in [9.17, 15) is 8.42 Å². The quantitative estimate of drug-likeness (QED) is 0.909. The molecule has 1 aromatic rings. The van der Waals surface area contributed by atoms with Crippen molar-refractivity contribution in [3.05, 3.63) is 29.8 Å². The summed E-state index contributed by atoms with van der Waals surface area (Å²) >= 11 is 0. The van der Waals surface area contributed by atoms with E-state index >= 15 is 0 Å². The van der Waals surface area contributed by atoms with E-state index in [1.165, 1.54) is 0 Å². The maximum atomic E-state index is 12.4. The first-order chi connectivity index (χ1) is 9.79. The fourth-order valence-corrected chi connectivity index (χ4v) is 3.96. The normalized spacial score (nSPS) is 17.3. The molecular formula is C16H26N2O2S. The second-order valence-electron chi connectivity index (χ2n) is 6.92. The van der Waals surface area contributed by atoms with Crippen LogP contribution < -0.4 is 5.32 Å². The lowest BCUT2D eigenvalue weighted by Crippen LogP contribution is -2.28. The highest BCUT2D eigenvalue weighted by atomic mass is 32.2. The van der Waals surface area contributed by atoms with Gasteiger partial charge < -0.3 is 5.32 Å². The Balaban J connectivity index is 1.98. The average molecular weight is 310 g/mol. The summed E-state index contributed by atoms with van der Waals surface area (Å²) in [7, 11) is -3.29. The van der Waals surface area contributed by atoms with Gasteiger partial charge in [-0.3, -0.25) is 0 Å². The molecule has 1 aliphatic rings. The molecule has 0 unspecified atom stereocenters. The number of sulfonamides is 1. The second kappa shape index (κ2) is 6.46. The molecule has 0 spiro atoms. The topological polar surface area (TPSA) is 49.4 Å². The third-order valence-electron chi connectivity index (χ3n) is 3.61. The van der Waals surface area contributed by atoms with Crippen LogP contribution in [0.4, 0.5) is 0 Å². The minimum atomic E-state index is -3.29. The molecule has 2 rings (SSSR count). The van der Waals surface area contributed by atoms with Crippen molar-refractivity contribution >= 4 is 10.0 Å². The van der Waals surface area contributed by atoms with Crippen LogP contribution in [0, 0.1) is 5.41 Å². The summed E-state index contributed by atoms with van der Waals surface area (Å²) in [6.45, 7) is 9.56. The number of hydrogen-bond donors (Lipinski definition) is 1. The molecule has 1 fully saturated rings. The number of nitrogens with zero attached hydrogens (tertiary/aromatic N) is 1. The van der Waals surface area contributed by atoms with Crippen LogP contribution in [-0.2, 0) is 16.6 Å². The molecule has 0 amide bonds. The van der Waals surface area contributed by atoms with E-state index in [1.54, 1.807) is 16.4 Å². The van der Waals surface area contributed by atoms with Crippen molar-refractivity contribution in [3.63, 3.8) is 0 Å². The summed E-state index contributed by atoms with van der Waals surface area (Å²) in [5.74, 6) is 0. The van der Waals surface area contributed by atoms with E-state index in [4.69, 9.17) is 0 Å². The average Bonchev–Trinajstić information content (AvgIpc) is 2.92. The largest absolute Gasteiger partial charge is 0.312 e. The summed E-state index contributed by atoms with van der Waals surface area (Å²) in [6.07, 6.45) is 1.93. The van der Waals surface area contributed by atoms with Crippen LogP contribution >= 0.6 is 0 Å². The van der Waals surface area contributed by atoms with Gasteiger partial charge in [-0.1, -0.05) is 32.9 Å². The van der Waals surface area contributed by atoms with Gasteiger partial charge in [0, 0.05) is 26.2 Å². The molecule has 0 aliphatic carbocycles. The first kappa shape index (κ1) is 16.5. The Morgan fingerprint density at radius 1 is 1.10 bits per heavy atom. The van der Waals surface area contributed by atoms with E-state index in [2.05, 4.69) is 26.1 Å². The molecule has 1 heterocycles. The van der Waals surface area contributed by atoms with Crippen molar-refractivity contribution in [3.8, 4) is 0 Å². The molecular weight excluding hydrogens is 284 g/mol. The minimum Gasteiger partial charge on any atom is -0.312 e. The van der Waals surface area contributed by atoms with Gasteiger partial charge in [0.25, 0.3) is 0 Å². The van der Waals surface area contributed by atoms with Crippen molar-refractivity contribution in [2.24, 2.45) is 5.41 Å². The number of benzene rings is 1. The lowest BCUT2D eigenvalue weighted by molar-refractivity contribution is 0.379. The Bertz CT molecular complexity index is 553. The number of nitrogens with one attached hydrogen (secondary N) is 1. The highest BCUT2D eigenvalue weighted by molar-refractivity contribution is 7.89. The predicted molar refractivity (Wildman–Crippen MR) is 85.6 cm³/mol. The van der Waals surface area contributed by atoms with Crippen LogP contribution in [0.2, 0.25) is 0 Å². The summed E-state index contributed by atoms with van der Waals surface area (Å²) in [5, 5.41) is 3.40. The zero-order chi connectivity index (χ0) is 15.5. The molecule has 1 saturated heterocycles. The molecule has 0 saturated carbocycles. The van der Waals surface area contributed by atoms with Gasteiger partial charge in [-0.25, -0.2) is 8.42 Å². The van der Waals surface area contributed by atoms with Crippen LogP contribution in [0.25, 0.3) is 0 Å². The van der Waals surface area contributed by atoms with Gasteiger partial charge in [-0.05, 0) is 36.0 Å². The molecule has 0 radical (unpaired) electrons.